The van der Waals surface area contributed by atoms with Crippen molar-refractivity contribution < 1.29 is 14.3 Å². The summed E-state index contributed by atoms with van der Waals surface area (Å²) in [4.78, 5) is 29.2. The molecule has 1 aromatic rings. The smallest absolute Gasteiger partial charge is 0.256 e. The molecule has 1 saturated carbocycles. The van der Waals surface area contributed by atoms with Crippen molar-refractivity contribution in [2.24, 2.45) is 5.92 Å². The Morgan fingerprint density at radius 3 is 2.16 bits per heavy atom. The number of benzene rings is 1. The van der Waals surface area contributed by atoms with E-state index in [1.807, 2.05) is 40.1 Å². The Balaban J connectivity index is 1.56. The molecule has 1 atom stereocenters. The summed E-state index contributed by atoms with van der Waals surface area (Å²) in [6, 6.07) is 9.57. The van der Waals surface area contributed by atoms with Gasteiger partial charge in [-0.1, -0.05) is 49.6 Å². The average Bonchev–Trinajstić information content (AvgIpc) is 2.69. The Morgan fingerprint density at radius 2 is 1.56 bits per heavy atom. The van der Waals surface area contributed by atoms with Crippen LogP contribution in [0, 0.1) is 5.92 Å². The normalized spacial score (nSPS) is 20.4. The van der Waals surface area contributed by atoms with Crippen molar-refractivity contribution in [3.8, 4) is 0 Å². The summed E-state index contributed by atoms with van der Waals surface area (Å²) in [5.41, 5.74) is 0.871. The molecule has 1 aromatic carbocycles. The summed E-state index contributed by atoms with van der Waals surface area (Å²) < 4.78 is 5.45. The van der Waals surface area contributed by atoms with Crippen molar-refractivity contribution >= 4 is 11.8 Å². The van der Waals surface area contributed by atoms with Gasteiger partial charge in [0.2, 0.25) is 5.91 Å². The SMILES string of the molecule is COC(C(=O)N1CCN(C(=O)C2CCCCC2)CC1)c1ccccc1. The molecule has 0 radical (unpaired) electrons. The van der Waals surface area contributed by atoms with Gasteiger partial charge < -0.3 is 14.5 Å². The fourth-order valence-electron chi connectivity index (χ4n) is 3.93. The quantitative estimate of drug-likeness (QED) is 0.844. The number of hydrogen-bond acceptors (Lipinski definition) is 3. The molecule has 0 bridgehead atoms. The molecule has 5 nitrogen and oxygen atoms in total. The van der Waals surface area contributed by atoms with E-state index in [-0.39, 0.29) is 17.7 Å². The first-order valence-corrected chi connectivity index (χ1v) is 9.36. The first kappa shape index (κ1) is 17.9. The zero-order valence-electron chi connectivity index (χ0n) is 15.0. The molecule has 1 saturated heterocycles. The first-order valence-electron chi connectivity index (χ1n) is 9.36. The van der Waals surface area contributed by atoms with Crippen LogP contribution in [0.4, 0.5) is 0 Å². The molecule has 1 unspecified atom stereocenters. The van der Waals surface area contributed by atoms with Crippen molar-refractivity contribution in [3.63, 3.8) is 0 Å². The molecule has 2 amide bonds. The summed E-state index contributed by atoms with van der Waals surface area (Å²) >= 11 is 0. The zero-order chi connectivity index (χ0) is 17.6. The third-order valence-electron chi connectivity index (χ3n) is 5.42. The van der Waals surface area contributed by atoms with E-state index in [1.54, 1.807) is 7.11 Å². The van der Waals surface area contributed by atoms with Crippen LogP contribution in [0.3, 0.4) is 0 Å². The summed E-state index contributed by atoms with van der Waals surface area (Å²) in [5.74, 6) is 0.476. The lowest BCUT2D eigenvalue weighted by Gasteiger charge is -2.38. The molecule has 3 rings (SSSR count). The Morgan fingerprint density at radius 1 is 0.960 bits per heavy atom. The number of carbonyl (C=O) groups is 2. The van der Waals surface area contributed by atoms with Gasteiger partial charge in [0, 0.05) is 39.2 Å². The Hall–Kier alpha value is -1.88. The number of piperazine rings is 1. The van der Waals surface area contributed by atoms with Crippen LogP contribution in [0.25, 0.3) is 0 Å². The van der Waals surface area contributed by atoms with Crippen molar-refractivity contribution in [2.75, 3.05) is 33.3 Å². The second-order valence-electron chi connectivity index (χ2n) is 7.01. The lowest BCUT2D eigenvalue weighted by atomic mass is 9.88. The minimum Gasteiger partial charge on any atom is -0.367 e. The predicted molar refractivity (Wildman–Crippen MR) is 95.9 cm³/mol. The maximum atomic E-state index is 12.8. The van der Waals surface area contributed by atoms with Gasteiger partial charge in [0.15, 0.2) is 6.10 Å². The Kier molecular flexibility index (Phi) is 6.08. The third-order valence-corrected chi connectivity index (χ3v) is 5.42. The van der Waals surface area contributed by atoms with Gasteiger partial charge in [0.05, 0.1) is 0 Å². The van der Waals surface area contributed by atoms with Crippen molar-refractivity contribution in [2.45, 2.75) is 38.2 Å². The Bertz CT molecular complexity index is 576. The van der Waals surface area contributed by atoms with E-state index in [0.29, 0.717) is 26.2 Å². The maximum absolute atomic E-state index is 12.8. The van der Waals surface area contributed by atoms with Gasteiger partial charge >= 0.3 is 0 Å². The van der Waals surface area contributed by atoms with E-state index < -0.39 is 6.10 Å². The van der Waals surface area contributed by atoms with E-state index in [9.17, 15) is 9.59 Å². The third kappa shape index (κ3) is 4.21. The first-order chi connectivity index (χ1) is 12.2. The highest BCUT2D eigenvalue weighted by molar-refractivity contribution is 5.83. The highest BCUT2D eigenvalue weighted by atomic mass is 16.5. The molecule has 25 heavy (non-hydrogen) atoms. The lowest BCUT2D eigenvalue weighted by molar-refractivity contribution is -0.148. The lowest BCUT2D eigenvalue weighted by Crippen LogP contribution is -2.53. The molecule has 1 aliphatic heterocycles. The van der Waals surface area contributed by atoms with Crippen molar-refractivity contribution in [1.29, 1.82) is 0 Å². The topological polar surface area (TPSA) is 49.9 Å². The second kappa shape index (κ2) is 8.48. The molecule has 2 aliphatic rings. The van der Waals surface area contributed by atoms with Gasteiger partial charge in [0.25, 0.3) is 5.91 Å². The molecule has 2 fully saturated rings. The number of hydrogen-bond donors (Lipinski definition) is 0. The van der Waals surface area contributed by atoms with Crippen LogP contribution in [0.1, 0.15) is 43.8 Å². The summed E-state index contributed by atoms with van der Waals surface area (Å²) in [7, 11) is 1.57. The number of amides is 2. The van der Waals surface area contributed by atoms with Gasteiger partial charge in [-0.25, -0.2) is 0 Å². The fraction of sp³-hybridized carbons (Fsp3) is 0.600. The van der Waals surface area contributed by atoms with E-state index >= 15 is 0 Å². The van der Waals surface area contributed by atoms with Crippen LogP contribution in [-0.2, 0) is 14.3 Å². The highest BCUT2D eigenvalue weighted by Crippen LogP contribution is 2.26. The molecule has 0 spiro atoms. The number of nitrogens with zero attached hydrogens (tertiary/aromatic N) is 2. The standard InChI is InChI=1S/C20H28N2O3/c1-25-18(16-8-4-2-5-9-16)20(24)22-14-12-21(13-15-22)19(23)17-10-6-3-7-11-17/h2,4-5,8-9,17-18H,3,6-7,10-15H2,1H3. The molecule has 1 heterocycles. The van der Waals surface area contributed by atoms with Crippen molar-refractivity contribution in [3.05, 3.63) is 35.9 Å². The second-order valence-corrected chi connectivity index (χ2v) is 7.01. The highest BCUT2D eigenvalue weighted by Gasteiger charge is 2.32. The van der Waals surface area contributed by atoms with E-state index in [0.717, 1.165) is 18.4 Å². The molecular weight excluding hydrogens is 316 g/mol. The molecule has 5 heteroatoms. The molecule has 0 aromatic heterocycles. The maximum Gasteiger partial charge on any atom is 0.256 e. The fourth-order valence-corrected chi connectivity index (χ4v) is 3.93. The average molecular weight is 344 g/mol. The van der Waals surface area contributed by atoms with Gasteiger partial charge in [-0.15, -0.1) is 0 Å². The summed E-state index contributed by atoms with van der Waals surface area (Å²) in [5, 5.41) is 0. The predicted octanol–water partition coefficient (Wildman–Crippen LogP) is 2.63. The monoisotopic (exact) mass is 344 g/mol. The van der Waals surface area contributed by atoms with Gasteiger partial charge in [-0.05, 0) is 18.4 Å². The Labute approximate surface area is 149 Å². The summed E-state index contributed by atoms with van der Waals surface area (Å²) in [6.07, 6.45) is 5.07. The number of ether oxygens (including phenoxy) is 1. The minimum atomic E-state index is -0.568. The van der Waals surface area contributed by atoms with E-state index in [1.165, 1.54) is 19.3 Å². The largest absolute Gasteiger partial charge is 0.367 e. The molecular formula is C20H28N2O3. The van der Waals surface area contributed by atoms with E-state index in [4.69, 9.17) is 4.74 Å². The number of rotatable bonds is 4. The van der Waals surface area contributed by atoms with Crippen LogP contribution >= 0.6 is 0 Å². The molecule has 136 valence electrons. The summed E-state index contributed by atoms with van der Waals surface area (Å²) in [6.45, 7) is 2.44. The van der Waals surface area contributed by atoms with Gasteiger partial charge in [-0.3, -0.25) is 9.59 Å². The minimum absolute atomic E-state index is 0.0153. The van der Waals surface area contributed by atoms with Crippen LogP contribution in [0.5, 0.6) is 0 Å². The van der Waals surface area contributed by atoms with Crippen LogP contribution in [0.2, 0.25) is 0 Å². The molecule has 0 N–H and O–H groups in total. The zero-order valence-corrected chi connectivity index (χ0v) is 15.0. The number of carbonyl (C=O) groups excluding carboxylic acids is 2. The van der Waals surface area contributed by atoms with Gasteiger partial charge in [0.1, 0.15) is 0 Å². The molecule has 1 aliphatic carbocycles. The van der Waals surface area contributed by atoms with Gasteiger partial charge in [-0.2, -0.15) is 0 Å². The number of methoxy groups -OCH3 is 1. The van der Waals surface area contributed by atoms with Crippen LogP contribution in [0.15, 0.2) is 30.3 Å². The van der Waals surface area contributed by atoms with E-state index in [2.05, 4.69) is 0 Å². The van der Waals surface area contributed by atoms with Crippen LogP contribution < -0.4 is 0 Å². The van der Waals surface area contributed by atoms with Crippen molar-refractivity contribution in [1.82, 2.24) is 9.80 Å². The van der Waals surface area contributed by atoms with Crippen LogP contribution in [-0.4, -0.2) is 54.9 Å².